The minimum atomic E-state index is -0.182. The van der Waals surface area contributed by atoms with Gasteiger partial charge in [-0.2, -0.15) is 5.26 Å². The number of hydrogen-bond donors (Lipinski definition) is 1. The Balaban J connectivity index is 1.90. The molecule has 2 atom stereocenters. The second-order valence-corrected chi connectivity index (χ2v) is 5.54. The number of aromatic amines is 1. The van der Waals surface area contributed by atoms with Crippen molar-refractivity contribution in [3.05, 3.63) is 47.3 Å². The van der Waals surface area contributed by atoms with Gasteiger partial charge in [0.1, 0.15) is 17.6 Å². The Bertz CT molecular complexity index is 750. The van der Waals surface area contributed by atoms with Crippen LogP contribution in [0.4, 0.5) is 0 Å². The molecule has 0 bridgehead atoms. The topological polar surface area (TPSA) is 94.9 Å². The maximum Gasteiger partial charge on any atom is 0.273 e. The van der Waals surface area contributed by atoms with Crippen LogP contribution in [0.1, 0.15) is 39.9 Å². The van der Waals surface area contributed by atoms with E-state index in [0.29, 0.717) is 24.2 Å². The van der Waals surface area contributed by atoms with E-state index < -0.39 is 0 Å². The van der Waals surface area contributed by atoms with Crippen LogP contribution in [0.15, 0.2) is 24.7 Å². The van der Waals surface area contributed by atoms with E-state index in [4.69, 9.17) is 10.00 Å². The molecule has 3 heterocycles. The Hall–Kier alpha value is -2.72. The van der Waals surface area contributed by atoms with Gasteiger partial charge >= 0.3 is 0 Å². The van der Waals surface area contributed by atoms with Gasteiger partial charge in [0.05, 0.1) is 17.7 Å². The number of amides is 1. The fourth-order valence-electron chi connectivity index (χ4n) is 2.85. The highest BCUT2D eigenvalue weighted by atomic mass is 16.5. The molecule has 3 rings (SSSR count). The van der Waals surface area contributed by atoms with Crippen LogP contribution in [0.25, 0.3) is 0 Å². The van der Waals surface area contributed by atoms with Gasteiger partial charge < -0.3 is 14.6 Å². The molecule has 0 spiro atoms. The molecule has 7 nitrogen and oxygen atoms in total. The number of carbonyl (C=O) groups is 1. The number of rotatable bonds is 3. The summed E-state index contributed by atoms with van der Waals surface area (Å²) >= 11 is 0. The van der Waals surface area contributed by atoms with Gasteiger partial charge in [-0.3, -0.25) is 4.79 Å². The van der Waals surface area contributed by atoms with Gasteiger partial charge in [0.15, 0.2) is 0 Å². The lowest BCUT2D eigenvalue weighted by molar-refractivity contribution is 0.0679. The lowest BCUT2D eigenvalue weighted by Crippen LogP contribution is -2.33. The quantitative estimate of drug-likeness (QED) is 0.928. The molecule has 0 aromatic carbocycles. The minimum absolute atomic E-state index is 0.0338. The average Bonchev–Trinajstić information content (AvgIpc) is 3.22. The molecule has 23 heavy (non-hydrogen) atoms. The molecule has 1 fully saturated rings. The summed E-state index contributed by atoms with van der Waals surface area (Å²) in [5.74, 6) is 0.557. The van der Waals surface area contributed by atoms with E-state index in [2.05, 4.69) is 21.0 Å². The van der Waals surface area contributed by atoms with E-state index in [9.17, 15) is 4.79 Å². The van der Waals surface area contributed by atoms with Crippen LogP contribution in [-0.4, -0.2) is 45.5 Å². The summed E-state index contributed by atoms with van der Waals surface area (Å²) < 4.78 is 5.42. The third kappa shape index (κ3) is 2.81. The van der Waals surface area contributed by atoms with Gasteiger partial charge in [-0.05, 0) is 18.6 Å². The maximum absolute atomic E-state index is 12.8. The van der Waals surface area contributed by atoms with E-state index >= 15 is 0 Å². The summed E-state index contributed by atoms with van der Waals surface area (Å²) in [4.78, 5) is 26.0. The van der Waals surface area contributed by atoms with E-state index in [1.807, 2.05) is 0 Å². The van der Waals surface area contributed by atoms with Crippen molar-refractivity contribution in [1.82, 2.24) is 19.9 Å². The van der Waals surface area contributed by atoms with Gasteiger partial charge in [-0.1, -0.05) is 0 Å². The van der Waals surface area contributed by atoms with Crippen LogP contribution in [0.5, 0.6) is 0 Å². The number of imidazole rings is 1. The first-order valence-electron chi connectivity index (χ1n) is 7.33. The van der Waals surface area contributed by atoms with Crippen LogP contribution >= 0.6 is 0 Å². The number of hydrogen-bond acceptors (Lipinski definition) is 5. The largest absolute Gasteiger partial charge is 0.380 e. The number of ether oxygens (including phenoxy) is 1. The lowest BCUT2D eigenvalue weighted by Gasteiger charge is -2.22. The van der Waals surface area contributed by atoms with Gasteiger partial charge in [-0.15, -0.1) is 0 Å². The predicted octanol–water partition coefficient (Wildman–Crippen LogP) is 1.59. The summed E-state index contributed by atoms with van der Waals surface area (Å²) in [5, 5.41) is 8.98. The van der Waals surface area contributed by atoms with Crippen molar-refractivity contribution in [3.63, 3.8) is 0 Å². The number of aromatic nitrogens is 3. The zero-order valence-electron chi connectivity index (χ0n) is 13.0. The molecule has 1 aliphatic heterocycles. The Labute approximate surface area is 133 Å². The van der Waals surface area contributed by atoms with Gasteiger partial charge in [0.2, 0.25) is 0 Å². The second kappa shape index (κ2) is 6.18. The number of carbonyl (C=O) groups excluding carboxylic acids is 1. The number of aryl methyl sites for hydroxylation is 1. The molecule has 7 heteroatoms. The van der Waals surface area contributed by atoms with Crippen LogP contribution < -0.4 is 0 Å². The lowest BCUT2D eigenvalue weighted by atomic mass is 10.1. The number of nitrogens with one attached hydrogen (secondary N) is 1. The number of H-pyrrole nitrogens is 1. The first kappa shape index (κ1) is 15.2. The summed E-state index contributed by atoms with van der Waals surface area (Å²) in [5.41, 5.74) is 1.54. The Kier molecular flexibility index (Phi) is 4.08. The van der Waals surface area contributed by atoms with Crippen molar-refractivity contribution in [3.8, 4) is 6.07 Å². The van der Waals surface area contributed by atoms with E-state index in [1.165, 1.54) is 6.20 Å². The molecule has 118 valence electrons. The molecule has 1 N–H and O–H groups in total. The highest BCUT2D eigenvalue weighted by Crippen LogP contribution is 2.32. The SMILES string of the molecule is CO[C@@H]1CC(c2ncc[nH]2)N(C(=O)c2cc(C)c(C#N)cn2)C1. The smallest absolute Gasteiger partial charge is 0.273 e. The number of pyridine rings is 1. The fraction of sp³-hybridized carbons (Fsp3) is 0.375. The Morgan fingerprint density at radius 2 is 2.35 bits per heavy atom. The summed E-state index contributed by atoms with van der Waals surface area (Å²) in [6.45, 7) is 2.28. The van der Waals surface area contributed by atoms with Crippen molar-refractivity contribution >= 4 is 5.91 Å². The van der Waals surface area contributed by atoms with Crippen LogP contribution in [0.3, 0.4) is 0 Å². The Morgan fingerprint density at radius 1 is 1.52 bits per heavy atom. The van der Waals surface area contributed by atoms with Crippen LogP contribution in [0, 0.1) is 18.3 Å². The molecule has 2 aromatic rings. The average molecular weight is 311 g/mol. The van der Waals surface area contributed by atoms with Gasteiger partial charge in [-0.25, -0.2) is 9.97 Å². The van der Waals surface area contributed by atoms with Crippen molar-refractivity contribution in [2.45, 2.75) is 25.5 Å². The predicted molar refractivity (Wildman–Crippen MR) is 81.5 cm³/mol. The number of likely N-dealkylation sites (tertiary alicyclic amines) is 1. The summed E-state index contributed by atoms with van der Waals surface area (Å²) in [6.07, 6.45) is 5.50. The van der Waals surface area contributed by atoms with Crippen molar-refractivity contribution < 1.29 is 9.53 Å². The van der Waals surface area contributed by atoms with Crippen molar-refractivity contribution in [2.75, 3.05) is 13.7 Å². The number of nitriles is 1. The normalized spacial score (nSPS) is 20.5. The zero-order valence-corrected chi connectivity index (χ0v) is 13.0. The zero-order chi connectivity index (χ0) is 16.4. The van der Waals surface area contributed by atoms with E-state index in [0.717, 1.165) is 11.4 Å². The molecular weight excluding hydrogens is 294 g/mol. The van der Waals surface area contributed by atoms with Gasteiger partial charge in [0, 0.05) is 38.7 Å². The Morgan fingerprint density at radius 3 is 2.96 bits per heavy atom. The highest BCUT2D eigenvalue weighted by Gasteiger charge is 2.38. The van der Waals surface area contributed by atoms with Crippen LogP contribution in [0.2, 0.25) is 0 Å². The highest BCUT2D eigenvalue weighted by molar-refractivity contribution is 5.93. The first-order chi connectivity index (χ1) is 11.1. The van der Waals surface area contributed by atoms with Crippen LogP contribution in [-0.2, 0) is 4.74 Å². The summed E-state index contributed by atoms with van der Waals surface area (Å²) in [7, 11) is 1.64. The third-order valence-electron chi connectivity index (χ3n) is 4.14. The fourth-order valence-corrected chi connectivity index (χ4v) is 2.85. The summed E-state index contributed by atoms with van der Waals surface area (Å²) in [6, 6.07) is 3.54. The molecule has 0 aliphatic carbocycles. The molecule has 1 unspecified atom stereocenters. The van der Waals surface area contributed by atoms with Gasteiger partial charge in [0.25, 0.3) is 5.91 Å². The molecule has 0 radical (unpaired) electrons. The van der Waals surface area contributed by atoms with E-state index in [-0.39, 0.29) is 18.1 Å². The molecule has 1 aliphatic rings. The molecular formula is C16H17N5O2. The molecule has 1 saturated heterocycles. The first-order valence-corrected chi connectivity index (χ1v) is 7.33. The molecule has 1 amide bonds. The monoisotopic (exact) mass is 311 g/mol. The van der Waals surface area contributed by atoms with Crippen molar-refractivity contribution in [1.29, 1.82) is 5.26 Å². The van der Waals surface area contributed by atoms with E-state index in [1.54, 1.807) is 37.4 Å². The third-order valence-corrected chi connectivity index (χ3v) is 4.14. The molecule has 0 saturated carbocycles. The standard InChI is InChI=1S/C16H17N5O2/c1-10-5-13(20-8-11(10)7-17)16(22)21-9-12(23-2)6-14(21)15-18-3-4-19-15/h3-5,8,12,14H,6,9H2,1-2H3,(H,18,19)/t12-,14?/m1/s1. The number of methoxy groups -OCH3 is 1. The molecule has 2 aromatic heterocycles. The second-order valence-electron chi connectivity index (χ2n) is 5.54. The van der Waals surface area contributed by atoms with Crippen molar-refractivity contribution in [2.24, 2.45) is 0 Å². The number of nitrogens with zero attached hydrogens (tertiary/aromatic N) is 4. The minimum Gasteiger partial charge on any atom is -0.380 e. The maximum atomic E-state index is 12.8.